The Morgan fingerprint density at radius 2 is 1.64 bits per heavy atom. The molecule has 1 aliphatic rings. The van der Waals surface area contributed by atoms with Gasteiger partial charge in [0.25, 0.3) is 0 Å². The monoisotopic (exact) mass is 303 g/mol. The summed E-state index contributed by atoms with van der Waals surface area (Å²) < 4.78 is 0.716. The van der Waals surface area contributed by atoms with Crippen molar-refractivity contribution in [2.75, 3.05) is 0 Å². The second-order valence-electron chi connectivity index (χ2n) is 3.33. The maximum atomic E-state index is 2.26. The van der Waals surface area contributed by atoms with Gasteiger partial charge in [-0.05, 0) is 0 Å². The topological polar surface area (TPSA) is 0 Å². The van der Waals surface area contributed by atoms with Gasteiger partial charge in [-0.3, -0.25) is 0 Å². The molecule has 1 unspecified atom stereocenters. The zero-order chi connectivity index (χ0) is 8.72. The van der Waals surface area contributed by atoms with Gasteiger partial charge in [-0.2, -0.15) is 0 Å². The Morgan fingerprint density at radius 1 is 1.07 bits per heavy atom. The van der Waals surface area contributed by atoms with Crippen LogP contribution in [0.3, 0.4) is 0 Å². The Morgan fingerprint density at radius 3 is 2.21 bits per heavy atom. The third-order valence-corrected chi connectivity index (χ3v) is 4.53. The summed E-state index contributed by atoms with van der Waals surface area (Å²) in [5.74, 6) is 0. The normalized spacial score (nSPS) is 18.4. The van der Waals surface area contributed by atoms with E-state index in [9.17, 15) is 0 Å². The van der Waals surface area contributed by atoms with E-state index in [1.165, 1.54) is 16.7 Å². The Kier molecular flexibility index (Phi) is 5.66. The summed E-state index contributed by atoms with van der Waals surface area (Å²) in [4.78, 5) is 0. The average Bonchev–Trinajstić information content (AvgIpc) is 2.33. The summed E-state index contributed by atoms with van der Waals surface area (Å²) in [5.41, 5.74) is 6.06. The van der Waals surface area contributed by atoms with Gasteiger partial charge in [0.05, 0.1) is 0 Å². The number of hydrogen-bond donors (Lipinski definition) is 0. The second-order valence-corrected chi connectivity index (χ2v) is 4.75. The fourth-order valence-corrected chi connectivity index (χ4v) is 2.90. The van der Waals surface area contributed by atoms with Gasteiger partial charge in [0, 0.05) is 0 Å². The largest absolute Gasteiger partial charge is 1.00 e. The Balaban J connectivity index is 0.000000845. The van der Waals surface area contributed by atoms with Crippen LogP contribution in [0.5, 0.6) is 0 Å². The van der Waals surface area contributed by atoms with E-state index in [1.54, 1.807) is 30.3 Å². The van der Waals surface area contributed by atoms with Gasteiger partial charge < -0.3 is 24.8 Å². The van der Waals surface area contributed by atoms with Crippen molar-refractivity contribution in [3.8, 4) is 0 Å². The maximum absolute atomic E-state index is 2.26. The minimum absolute atomic E-state index is 0. The molecule has 0 aromatic heterocycles. The molecule has 0 fully saturated rings. The maximum Gasteiger partial charge on any atom is -1.00 e. The fraction of sp³-hybridized carbons (Fsp3) is 0.273. The third kappa shape index (κ3) is 2.16. The first-order valence-electron chi connectivity index (χ1n) is 4.19. The first-order valence-corrected chi connectivity index (χ1v) is 5.61. The van der Waals surface area contributed by atoms with Crippen molar-refractivity contribution in [3.05, 3.63) is 41.0 Å². The Labute approximate surface area is 113 Å². The molecule has 0 aliphatic heterocycles. The van der Waals surface area contributed by atoms with E-state index in [-0.39, 0.29) is 24.8 Å². The molecule has 14 heavy (non-hydrogen) atoms. The number of rotatable bonds is 0. The van der Waals surface area contributed by atoms with Crippen LogP contribution in [0.25, 0.3) is 5.57 Å². The van der Waals surface area contributed by atoms with Gasteiger partial charge in [-0.1, -0.05) is 0 Å². The molecule has 0 amide bonds. The number of benzene rings is 1. The molecule has 3 heteroatoms. The number of halogens is 2. The summed E-state index contributed by atoms with van der Waals surface area (Å²) in [6.45, 7) is 4.49. The van der Waals surface area contributed by atoms with Gasteiger partial charge in [0.1, 0.15) is 0 Å². The summed E-state index contributed by atoms with van der Waals surface area (Å²) in [5, 5.41) is 0. The van der Waals surface area contributed by atoms with Gasteiger partial charge in [0.2, 0.25) is 0 Å². The Hall–Kier alpha value is 0.423. The smallest absolute Gasteiger partial charge is 1.00 e. The minimum Gasteiger partial charge on any atom is -1.00 e. The van der Waals surface area contributed by atoms with Gasteiger partial charge in [-0.25, -0.2) is 0 Å². The van der Waals surface area contributed by atoms with E-state index in [2.05, 4.69) is 38.1 Å². The molecule has 1 atom stereocenters. The van der Waals surface area contributed by atoms with Crippen LogP contribution in [0.15, 0.2) is 29.8 Å². The molecule has 2 rings (SSSR count). The quantitative estimate of drug-likeness (QED) is 0.482. The van der Waals surface area contributed by atoms with Crippen LogP contribution in [0, 0.1) is 0 Å². The van der Waals surface area contributed by atoms with Crippen LogP contribution in [0.1, 0.15) is 28.6 Å². The van der Waals surface area contributed by atoms with Crippen LogP contribution in [0.4, 0.5) is 0 Å². The van der Waals surface area contributed by atoms with E-state index in [1.807, 2.05) is 0 Å². The molecular weight excluding hydrogens is 294 g/mol. The van der Waals surface area contributed by atoms with Gasteiger partial charge >= 0.3 is 88.7 Å². The number of fused-ring (bicyclic) bond motifs is 1. The zero-order valence-corrected chi connectivity index (χ0v) is 12.1. The van der Waals surface area contributed by atoms with E-state index in [4.69, 9.17) is 0 Å². The minimum atomic E-state index is 0. The predicted molar refractivity (Wildman–Crippen MR) is 47.5 cm³/mol. The first-order chi connectivity index (χ1) is 5.72. The molecule has 1 aromatic carbocycles. The number of hydrogen-bond acceptors (Lipinski definition) is 0. The van der Waals surface area contributed by atoms with Crippen LogP contribution in [-0.4, -0.2) is 0 Å². The van der Waals surface area contributed by atoms with E-state index in [0.717, 1.165) is 0 Å². The molecule has 0 spiro atoms. The zero-order valence-electron chi connectivity index (χ0n) is 8.14. The summed E-state index contributed by atoms with van der Waals surface area (Å²) in [7, 11) is 0. The average molecular weight is 305 g/mol. The fourth-order valence-electron chi connectivity index (χ4n) is 1.75. The molecule has 0 bridgehead atoms. The summed E-state index contributed by atoms with van der Waals surface area (Å²) >= 11 is 1.61. The second kappa shape index (κ2) is 5.49. The van der Waals surface area contributed by atoms with Crippen LogP contribution in [-0.2, 0) is 24.7 Å². The SMILES string of the molecule is CC1=C(C)[CH]([Zr+2])c2ccccc21.[Cl-].[Cl-]. The molecule has 0 saturated carbocycles. The van der Waals surface area contributed by atoms with Crippen molar-refractivity contribution < 1.29 is 49.5 Å². The van der Waals surface area contributed by atoms with Crippen molar-refractivity contribution in [2.45, 2.75) is 17.5 Å². The van der Waals surface area contributed by atoms with Crippen LogP contribution < -0.4 is 24.8 Å². The van der Waals surface area contributed by atoms with Gasteiger partial charge in [-0.15, -0.1) is 0 Å². The standard InChI is InChI=1S/C11H11.2ClH.Zr/c1-8-7-10-5-3-4-6-11(10)9(8)2;;;/h3-7H,1-2H3;2*1H;/q;;;+2/p-2. The number of allylic oxidation sites excluding steroid dienone is 2. The summed E-state index contributed by atoms with van der Waals surface area (Å²) in [6.07, 6.45) is 0. The van der Waals surface area contributed by atoms with Crippen molar-refractivity contribution in [1.82, 2.24) is 0 Å². The van der Waals surface area contributed by atoms with Crippen LogP contribution in [0.2, 0.25) is 0 Å². The molecule has 1 aromatic rings. The van der Waals surface area contributed by atoms with Crippen molar-refractivity contribution in [1.29, 1.82) is 0 Å². The van der Waals surface area contributed by atoms with Crippen molar-refractivity contribution in [3.63, 3.8) is 0 Å². The predicted octanol–water partition coefficient (Wildman–Crippen LogP) is -2.91. The third-order valence-electron chi connectivity index (χ3n) is 2.70. The Bertz CT molecular complexity index is 358. The van der Waals surface area contributed by atoms with E-state index >= 15 is 0 Å². The first kappa shape index (κ1) is 14.4. The van der Waals surface area contributed by atoms with E-state index in [0.29, 0.717) is 3.63 Å². The molecular formula is C11H11Cl2Zr. The molecule has 0 radical (unpaired) electrons. The molecule has 73 valence electrons. The molecule has 0 heterocycles. The molecule has 1 aliphatic carbocycles. The molecule has 0 nitrogen and oxygen atoms in total. The summed E-state index contributed by atoms with van der Waals surface area (Å²) in [6, 6.07) is 8.76. The van der Waals surface area contributed by atoms with E-state index < -0.39 is 0 Å². The van der Waals surface area contributed by atoms with Crippen molar-refractivity contribution in [2.24, 2.45) is 0 Å². The molecule has 0 saturated heterocycles. The molecule has 0 N–H and O–H groups in total. The van der Waals surface area contributed by atoms with Gasteiger partial charge in [0.15, 0.2) is 0 Å². The van der Waals surface area contributed by atoms with Crippen LogP contribution >= 0.6 is 0 Å². The van der Waals surface area contributed by atoms with Crippen molar-refractivity contribution >= 4 is 5.57 Å².